The number of carboxylic acids is 1. The van der Waals surface area contributed by atoms with Gasteiger partial charge in [0.1, 0.15) is 6.04 Å². The largest absolute Gasteiger partial charge is 0.481 e. The van der Waals surface area contributed by atoms with E-state index < -0.39 is 17.6 Å². The topological polar surface area (TPSA) is 98.7 Å². The summed E-state index contributed by atoms with van der Waals surface area (Å²) in [5, 5.41) is 14.1. The maximum absolute atomic E-state index is 12.3. The molecular formula is C13H23N3O4. The van der Waals surface area contributed by atoms with E-state index in [4.69, 9.17) is 5.11 Å². The molecule has 1 heterocycles. The van der Waals surface area contributed by atoms with Crippen molar-refractivity contribution >= 4 is 17.9 Å². The van der Waals surface area contributed by atoms with Gasteiger partial charge in [0.25, 0.3) is 0 Å². The van der Waals surface area contributed by atoms with Gasteiger partial charge in [-0.3, -0.25) is 9.59 Å². The Morgan fingerprint density at radius 2 is 1.95 bits per heavy atom. The van der Waals surface area contributed by atoms with Gasteiger partial charge in [-0.05, 0) is 33.1 Å². The van der Waals surface area contributed by atoms with Crippen LogP contribution in [0.25, 0.3) is 0 Å². The van der Waals surface area contributed by atoms with Crippen LogP contribution in [-0.2, 0) is 9.59 Å². The number of carboxylic acid groups (broad SMARTS) is 1. The van der Waals surface area contributed by atoms with Crippen LogP contribution in [0.5, 0.6) is 0 Å². The Balaban J connectivity index is 2.73. The molecule has 7 nitrogen and oxygen atoms in total. The predicted octanol–water partition coefficient (Wildman–Crippen LogP) is 0.550. The Bertz CT molecular complexity index is 395. The highest BCUT2D eigenvalue weighted by Gasteiger charge is 2.34. The number of nitrogens with zero attached hydrogens (tertiary/aromatic N) is 1. The second kappa shape index (κ2) is 6.58. The lowest BCUT2D eigenvalue weighted by Crippen LogP contribution is -2.58. The third-order valence-corrected chi connectivity index (χ3v) is 3.35. The molecule has 1 fully saturated rings. The molecule has 1 aliphatic rings. The van der Waals surface area contributed by atoms with Crippen LogP contribution in [0.3, 0.4) is 0 Å². The van der Waals surface area contributed by atoms with Gasteiger partial charge in [-0.25, -0.2) is 4.79 Å². The highest BCUT2D eigenvalue weighted by Crippen LogP contribution is 2.18. The summed E-state index contributed by atoms with van der Waals surface area (Å²) in [5.74, 6) is -1.16. The van der Waals surface area contributed by atoms with E-state index in [1.54, 1.807) is 20.9 Å². The average Bonchev–Trinajstić information content (AvgIpc) is 2.35. The van der Waals surface area contributed by atoms with Crippen molar-refractivity contribution in [1.29, 1.82) is 0 Å². The first-order valence-corrected chi connectivity index (χ1v) is 6.79. The zero-order chi connectivity index (χ0) is 15.3. The number of hydrogen-bond donors (Lipinski definition) is 3. The molecule has 1 rings (SSSR count). The van der Waals surface area contributed by atoms with E-state index in [0.29, 0.717) is 13.0 Å². The Labute approximate surface area is 118 Å². The quantitative estimate of drug-likeness (QED) is 0.702. The molecule has 0 aromatic heterocycles. The number of hydrogen-bond acceptors (Lipinski definition) is 3. The third-order valence-electron chi connectivity index (χ3n) is 3.35. The molecule has 3 amide bonds. The van der Waals surface area contributed by atoms with E-state index in [2.05, 4.69) is 10.6 Å². The van der Waals surface area contributed by atoms with Crippen molar-refractivity contribution < 1.29 is 19.5 Å². The molecule has 0 spiro atoms. The fraction of sp³-hybridized carbons (Fsp3) is 0.769. The van der Waals surface area contributed by atoms with Crippen LogP contribution < -0.4 is 10.6 Å². The van der Waals surface area contributed by atoms with Crippen LogP contribution in [0.2, 0.25) is 0 Å². The SMILES string of the molecule is CNC(=O)C1CCCCN1C(=O)NC(C)(C)CC(=O)O. The van der Waals surface area contributed by atoms with Gasteiger partial charge in [0, 0.05) is 19.1 Å². The molecule has 0 saturated carbocycles. The minimum absolute atomic E-state index is 0.169. The first-order chi connectivity index (χ1) is 9.26. The highest BCUT2D eigenvalue weighted by molar-refractivity contribution is 5.87. The first-order valence-electron chi connectivity index (χ1n) is 6.79. The van der Waals surface area contributed by atoms with Gasteiger partial charge in [0.05, 0.1) is 6.42 Å². The van der Waals surface area contributed by atoms with Gasteiger partial charge < -0.3 is 20.6 Å². The Morgan fingerprint density at radius 1 is 1.30 bits per heavy atom. The van der Waals surface area contributed by atoms with Crippen molar-refractivity contribution in [3.8, 4) is 0 Å². The molecule has 1 atom stereocenters. The zero-order valence-corrected chi connectivity index (χ0v) is 12.2. The number of piperidine rings is 1. The summed E-state index contributed by atoms with van der Waals surface area (Å²) in [4.78, 5) is 36.3. The lowest BCUT2D eigenvalue weighted by Gasteiger charge is -2.37. The van der Waals surface area contributed by atoms with E-state index in [1.807, 2.05) is 0 Å². The number of likely N-dealkylation sites (N-methyl/N-ethyl adjacent to an activating group) is 1. The van der Waals surface area contributed by atoms with Crippen LogP contribution in [0.15, 0.2) is 0 Å². The van der Waals surface area contributed by atoms with E-state index in [-0.39, 0.29) is 18.4 Å². The van der Waals surface area contributed by atoms with E-state index in [0.717, 1.165) is 12.8 Å². The van der Waals surface area contributed by atoms with Crippen molar-refractivity contribution in [3.63, 3.8) is 0 Å². The molecule has 3 N–H and O–H groups in total. The van der Waals surface area contributed by atoms with Gasteiger partial charge in [-0.15, -0.1) is 0 Å². The summed E-state index contributed by atoms with van der Waals surface area (Å²) in [6.45, 7) is 3.81. The third kappa shape index (κ3) is 4.40. The zero-order valence-electron chi connectivity index (χ0n) is 12.2. The fourth-order valence-electron chi connectivity index (χ4n) is 2.40. The molecule has 0 aliphatic carbocycles. The molecule has 7 heteroatoms. The minimum Gasteiger partial charge on any atom is -0.481 e. The molecule has 1 unspecified atom stereocenters. The Morgan fingerprint density at radius 3 is 2.50 bits per heavy atom. The van der Waals surface area contributed by atoms with Crippen molar-refractivity contribution in [3.05, 3.63) is 0 Å². The van der Waals surface area contributed by atoms with Crippen LogP contribution in [0.4, 0.5) is 4.79 Å². The Hall–Kier alpha value is -1.79. The molecule has 1 saturated heterocycles. The lowest BCUT2D eigenvalue weighted by molar-refractivity contribution is -0.138. The van der Waals surface area contributed by atoms with Crippen molar-refractivity contribution in [1.82, 2.24) is 15.5 Å². The normalized spacial score (nSPS) is 19.4. The van der Waals surface area contributed by atoms with Gasteiger partial charge in [-0.1, -0.05) is 0 Å². The number of urea groups is 1. The first kappa shape index (κ1) is 16.3. The molecule has 1 aliphatic heterocycles. The molecule has 0 bridgehead atoms. The number of carbonyl (C=O) groups excluding carboxylic acids is 2. The molecule has 0 aromatic rings. The van der Waals surface area contributed by atoms with Crippen molar-refractivity contribution in [2.24, 2.45) is 0 Å². The van der Waals surface area contributed by atoms with E-state index in [1.165, 1.54) is 4.90 Å². The van der Waals surface area contributed by atoms with Crippen molar-refractivity contribution in [2.75, 3.05) is 13.6 Å². The summed E-state index contributed by atoms with van der Waals surface area (Å²) < 4.78 is 0. The number of rotatable bonds is 4. The van der Waals surface area contributed by atoms with E-state index >= 15 is 0 Å². The predicted molar refractivity (Wildman–Crippen MR) is 73.3 cm³/mol. The summed E-state index contributed by atoms with van der Waals surface area (Å²) in [6, 6.07) is -0.862. The molecule has 0 aromatic carbocycles. The highest BCUT2D eigenvalue weighted by atomic mass is 16.4. The number of likely N-dealkylation sites (tertiary alicyclic amines) is 1. The summed E-state index contributed by atoms with van der Waals surface area (Å²) in [7, 11) is 1.54. The summed E-state index contributed by atoms with van der Waals surface area (Å²) in [5.41, 5.74) is -0.854. The molecule has 20 heavy (non-hydrogen) atoms. The maximum atomic E-state index is 12.3. The second-order valence-electron chi connectivity index (χ2n) is 5.70. The number of amides is 3. The number of nitrogens with one attached hydrogen (secondary N) is 2. The maximum Gasteiger partial charge on any atom is 0.318 e. The van der Waals surface area contributed by atoms with Crippen molar-refractivity contribution in [2.45, 2.75) is 51.1 Å². The van der Waals surface area contributed by atoms with Gasteiger partial charge in [-0.2, -0.15) is 0 Å². The summed E-state index contributed by atoms with van der Waals surface area (Å²) >= 11 is 0. The summed E-state index contributed by atoms with van der Waals surface area (Å²) in [6.07, 6.45) is 2.21. The molecular weight excluding hydrogens is 262 g/mol. The molecule has 0 radical (unpaired) electrons. The van der Waals surface area contributed by atoms with E-state index in [9.17, 15) is 14.4 Å². The molecule has 114 valence electrons. The minimum atomic E-state index is -0.975. The number of aliphatic carboxylic acids is 1. The fourth-order valence-corrected chi connectivity index (χ4v) is 2.40. The van der Waals surface area contributed by atoms with Gasteiger partial charge in [0.15, 0.2) is 0 Å². The Kier molecular flexibility index (Phi) is 5.35. The van der Waals surface area contributed by atoms with Crippen LogP contribution >= 0.6 is 0 Å². The smallest absolute Gasteiger partial charge is 0.318 e. The average molecular weight is 285 g/mol. The van der Waals surface area contributed by atoms with Crippen LogP contribution in [-0.4, -0.2) is 53.1 Å². The monoisotopic (exact) mass is 285 g/mol. The van der Waals surface area contributed by atoms with Crippen LogP contribution in [0.1, 0.15) is 39.5 Å². The van der Waals surface area contributed by atoms with Crippen LogP contribution in [0, 0.1) is 0 Å². The van der Waals surface area contributed by atoms with Gasteiger partial charge in [0.2, 0.25) is 5.91 Å². The van der Waals surface area contributed by atoms with Gasteiger partial charge >= 0.3 is 12.0 Å². The lowest BCUT2D eigenvalue weighted by atomic mass is 9.99. The standard InChI is InChI=1S/C13H23N3O4/c1-13(2,8-10(17)18)15-12(20)16-7-5-4-6-9(16)11(19)14-3/h9H,4-8H2,1-3H3,(H,14,19)(H,15,20)(H,17,18). The number of carbonyl (C=O) groups is 3. The second-order valence-corrected chi connectivity index (χ2v) is 5.70.